The number of hydrogen-bond acceptors (Lipinski definition) is 6. The highest BCUT2D eigenvalue weighted by molar-refractivity contribution is 7.99. The Labute approximate surface area is 173 Å². The fourth-order valence-corrected chi connectivity index (χ4v) is 4.56. The molecule has 7 nitrogen and oxygen atoms in total. The van der Waals surface area contributed by atoms with E-state index >= 15 is 0 Å². The Morgan fingerprint density at radius 2 is 2.21 bits per heavy atom. The average Bonchev–Trinajstić information content (AvgIpc) is 3.47. The van der Waals surface area contributed by atoms with Crippen LogP contribution in [0.5, 0.6) is 0 Å². The van der Waals surface area contributed by atoms with Crippen LogP contribution in [0.2, 0.25) is 0 Å². The first kappa shape index (κ1) is 19.9. The molecule has 2 heterocycles. The summed E-state index contributed by atoms with van der Waals surface area (Å²) in [5, 5.41) is 13.4. The Morgan fingerprint density at radius 1 is 1.41 bits per heavy atom. The summed E-state index contributed by atoms with van der Waals surface area (Å²) < 4.78 is 7.33. The van der Waals surface area contributed by atoms with Crippen molar-refractivity contribution in [2.75, 3.05) is 12.4 Å². The number of carbonyl (C=O) groups is 1. The van der Waals surface area contributed by atoms with E-state index in [1.807, 2.05) is 12.1 Å². The van der Waals surface area contributed by atoms with E-state index in [1.165, 1.54) is 11.8 Å². The number of benzene rings is 1. The van der Waals surface area contributed by atoms with Crippen LogP contribution in [-0.2, 0) is 16.1 Å². The fraction of sp³-hybridized carbons (Fsp3) is 0.524. The molecule has 2 atom stereocenters. The van der Waals surface area contributed by atoms with Crippen molar-refractivity contribution in [2.24, 2.45) is 5.92 Å². The number of aromatic nitrogens is 2. The second-order valence-corrected chi connectivity index (χ2v) is 8.83. The molecule has 4 rings (SSSR count). The third-order valence-corrected chi connectivity index (χ3v) is 6.57. The number of para-hydroxylation sites is 1. The molecule has 2 aromatic rings. The van der Waals surface area contributed by atoms with Gasteiger partial charge in [-0.15, -0.1) is 0 Å². The van der Waals surface area contributed by atoms with Crippen molar-refractivity contribution in [3.8, 4) is 6.07 Å². The van der Waals surface area contributed by atoms with Crippen LogP contribution in [0.3, 0.4) is 0 Å². The van der Waals surface area contributed by atoms with Crippen LogP contribution >= 0.6 is 11.8 Å². The van der Waals surface area contributed by atoms with Gasteiger partial charge >= 0.3 is 0 Å². The molecule has 1 aliphatic carbocycles. The number of nitrogens with zero attached hydrogens (tertiary/aromatic N) is 3. The van der Waals surface area contributed by atoms with Gasteiger partial charge < -0.3 is 10.1 Å². The minimum absolute atomic E-state index is 0.0133. The van der Waals surface area contributed by atoms with Crippen molar-refractivity contribution in [1.29, 1.82) is 5.26 Å². The standard InChI is InChI=1S/C21H24N4O3S/c1-21(13-22,14-8-9-14)24-18(26)12-29-20-23-17-7-3-2-6-16(17)19(27)25(20)11-15-5-4-10-28-15/h2-3,6-7,14-15H,4-5,8-12H2,1H3,(H,24,26)/t15-,21+/m0/s1. The van der Waals surface area contributed by atoms with Crippen molar-refractivity contribution < 1.29 is 9.53 Å². The molecule has 152 valence electrons. The second-order valence-electron chi connectivity index (χ2n) is 7.89. The molecule has 0 bridgehead atoms. The maximum absolute atomic E-state index is 13.1. The third kappa shape index (κ3) is 4.31. The van der Waals surface area contributed by atoms with Crippen molar-refractivity contribution in [3.05, 3.63) is 34.6 Å². The van der Waals surface area contributed by atoms with Gasteiger partial charge in [-0.25, -0.2) is 4.98 Å². The molecule has 0 radical (unpaired) electrons. The molecule has 1 aliphatic heterocycles. The number of amides is 1. The Kier molecular flexibility index (Phi) is 5.61. The van der Waals surface area contributed by atoms with Gasteiger partial charge in [0.1, 0.15) is 5.54 Å². The summed E-state index contributed by atoms with van der Waals surface area (Å²) in [4.78, 5) is 30.2. The Balaban J connectivity index is 1.56. The normalized spacial score (nSPS) is 20.9. The lowest BCUT2D eigenvalue weighted by Gasteiger charge is -2.23. The van der Waals surface area contributed by atoms with Crippen LogP contribution in [0.25, 0.3) is 10.9 Å². The number of fused-ring (bicyclic) bond motifs is 1. The van der Waals surface area contributed by atoms with Crippen LogP contribution in [0.1, 0.15) is 32.6 Å². The molecule has 1 aromatic heterocycles. The van der Waals surface area contributed by atoms with E-state index in [2.05, 4.69) is 16.4 Å². The highest BCUT2D eigenvalue weighted by Crippen LogP contribution is 2.39. The quantitative estimate of drug-likeness (QED) is 0.554. The number of ether oxygens (including phenoxy) is 1. The smallest absolute Gasteiger partial charge is 0.262 e. The van der Waals surface area contributed by atoms with Gasteiger partial charge in [0, 0.05) is 6.61 Å². The lowest BCUT2D eigenvalue weighted by Crippen LogP contribution is -2.47. The maximum atomic E-state index is 13.1. The number of nitriles is 1. The van der Waals surface area contributed by atoms with E-state index in [4.69, 9.17) is 4.74 Å². The van der Waals surface area contributed by atoms with Crippen molar-refractivity contribution >= 4 is 28.6 Å². The highest BCUT2D eigenvalue weighted by atomic mass is 32.2. The van der Waals surface area contributed by atoms with Crippen LogP contribution in [-0.4, -0.2) is 39.5 Å². The van der Waals surface area contributed by atoms with Crippen molar-refractivity contribution in [3.63, 3.8) is 0 Å². The molecule has 2 aliphatic rings. The molecule has 0 spiro atoms. The molecule has 8 heteroatoms. The molecule has 1 saturated heterocycles. The monoisotopic (exact) mass is 412 g/mol. The van der Waals surface area contributed by atoms with Gasteiger partial charge in [0.2, 0.25) is 5.91 Å². The average molecular weight is 413 g/mol. The number of carbonyl (C=O) groups excluding carboxylic acids is 1. The van der Waals surface area contributed by atoms with Gasteiger partial charge in [-0.3, -0.25) is 14.2 Å². The van der Waals surface area contributed by atoms with Gasteiger partial charge in [0.05, 0.1) is 35.4 Å². The molecule has 1 aromatic carbocycles. The van der Waals surface area contributed by atoms with Crippen molar-refractivity contribution in [2.45, 2.75) is 56.0 Å². The summed E-state index contributed by atoms with van der Waals surface area (Å²) in [5.74, 6) is 0.0929. The summed E-state index contributed by atoms with van der Waals surface area (Å²) >= 11 is 1.23. The van der Waals surface area contributed by atoms with E-state index in [0.717, 1.165) is 25.7 Å². The summed E-state index contributed by atoms with van der Waals surface area (Å²) in [7, 11) is 0. The van der Waals surface area contributed by atoms with E-state index in [0.29, 0.717) is 29.2 Å². The molecule has 1 N–H and O–H groups in total. The molecule has 1 saturated carbocycles. The third-order valence-electron chi connectivity index (χ3n) is 5.59. The van der Waals surface area contributed by atoms with E-state index in [9.17, 15) is 14.9 Å². The van der Waals surface area contributed by atoms with E-state index in [-0.39, 0.29) is 29.2 Å². The lowest BCUT2D eigenvalue weighted by atomic mass is 9.98. The second kappa shape index (κ2) is 8.17. The summed E-state index contributed by atoms with van der Waals surface area (Å²) in [6.07, 6.45) is 3.81. The topological polar surface area (TPSA) is 97.0 Å². The van der Waals surface area contributed by atoms with Crippen LogP contribution < -0.4 is 10.9 Å². The number of rotatable bonds is 7. The van der Waals surface area contributed by atoms with Gasteiger partial charge in [-0.1, -0.05) is 23.9 Å². The van der Waals surface area contributed by atoms with Gasteiger partial charge in [-0.05, 0) is 50.7 Å². The molecule has 2 fully saturated rings. The number of nitrogens with one attached hydrogen (secondary N) is 1. The predicted molar refractivity (Wildman–Crippen MR) is 111 cm³/mol. The largest absolute Gasteiger partial charge is 0.376 e. The minimum Gasteiger partial charge on any atom is -0.376 e. The first-order chi connectivity index (χ1) is 14.0. The van der Waals surface area contributed by atoms with Crippen molar-refractivity contribution in [1.82, 2.24) is 14.9 Å². The molecular formula is C21H24N4O3S. The summed E-state index contributed by atoms with van der Waals surface area (Å²) in [6, 6.07) is 9.47. The zero-order valence-electron chi connectivity index (χ0n) is 16.4. The zero-order valence-corrected chi connectivity index (χ0v) is 17.2. The summed E-state index contributed by atoms with van der Waals surface area (Å²) in [5.41, 5.74) is -0.330. The van der Waals surface area contributed by atoms with E-state index in [1.54, 1.807) is 23.6 Å². The zero-order chi connectivity index (χ0) is 20.4. The Morgan fingerprint density at radius 3 is 2.90 bits per heavy atom. The Bertz CT molecular complexity index is 1020. The van der Waals surface area contributed by atoms with Gasteiger partial charge in [0.15, 0.2) is 5.16 Å². The summed E-state index contributed by atoms with van der Waals surface area (Å²) in [6.45, 7) is 2.91. The molecule has 1 amide bonds. The van der Waals surface area contributed by atoms with Gasteiger partial charge in [-0.2, -0.15) is 5.26 Å². The number of thioether (sulfide) groups is 1. The van der Waals surface area contributed by atoms with E-state index < -0.39 is 5.54 Å². The maximum Gasteiger partial charge on any atom is 0.262 e. The minimum atomic E-state index is -0.828. The molecule has 0 unspecified atom stereocenters. The lowest BCUT2D eigenvalue weighted by molar-refractivity contribution is -0.119. The molecular weight excluding hydrogens is 388 g/mol. The Hall–Kier alpha value is -2.37. The highest BCUT2D eigenvalue weighted by Gasteiger charge is 2.43. The fourth-order valence-electron chi connectivity index (χ4n) is 3.75. The van der Waals surface area contributed by atoms with Crippen LogP contribution in [0.15, 0.2) is 34.2 Å². The molecule has 29 heavy (non-hydrogen) atoms. The first-order valence-corrected chi connectivity index (χ1v) is 10.9. The van der Waals surface area contributed by atoms with Crippen LogP contribution in [0, 0.1) is 17.2 Å². The SMILES string of the molecule is C[C@](C#N)(NC(=O)CSc1nc2ccccc2c(=O)n1C[C@@H]1CCCO1)C1CC1. The predicted octanol–water partition coefficient (Wildman–Crippen LogP) is 2.48. The van der Waals surface area contributed by atoms with Crippen LogP contribution in [0.4, 0.5) is 0 Å². The number of hydrogen-bond donors (Lipinski definition) is 1. The van der Waals surface area contributed by atoms with Gasteiger partial charge in [0.25, 0.3) is 5.56 Å². The first-order valence-electron chi connectivity index (χ1n) is 9.96.